The number of hydrogen-bond donors (Lipinski definition) is 3. The molecule has 2 aromatic rings. The van der Waals surface area contributed by atoms with Crippen molar-refractivity contribution < 1.29 is 9.53 Å². The number of H-pyrrole nitrogens is 1. The lowest BCUT2D eigenvalue weighted by Gasteiger charge is -2.30. The van der Waals surface area contributed by atoms with Crippen LogP contribution < -0.4 is 16.6 Å². The number of nitrogens with zero attached hydrogens (tertiary/aromatic N) is 2. The highest BCUT2D eigenvalue weighted by molar-refractivity contribution is 6.02. The summed E-state index contributed by atoms with van der Waals surface area (Å²) in [6, 6.07) is 7.29. The molecule has 4 N–H and O–H groups in total. The second-order valence-corrected chi connectivity index (χ2v) is 5.70. The number of halogens is 1. The first kappa shape index (κ1) is 18.6. The van der Waals surface area contributed by atoms with Crippen LogP contribution in [0.1, 0.15) is 23.0 Å². The lowest BCUT2D eigenvalue weighted by molar-refractivity contribution is 0.102. The van der Waals surface area contributed by atoms with Crippen LogP contribution >= 0.6 is 12.4 Å². The zero-order valence-corrected chi connectivity index (χ0v) is 14.3. The number of amidine groups is 1. The van der Waals surface area contributed by atoms with Gasteiger partial charge in [0.2, 0.25) is 0 Å². The number of aliphatic imine (C=N–C) groups is 1. The molecular formula is C16H18ClN5O3. The molecule has 1 amide bonds. The van der Waals surface area contributed by atoms with Crippen molar-refractivity contribution in [1.82, 2.24) is 9.97 Å². The van der Waals surface area contributed by atoms with Crippen LogP contribution in [0.5, 0.6) is 0 Å². The molecule has 25 heavy (non-hydrogen) atoms. The molecular weight excluding hydrogens is 346 g/mol. The minimum absolute atomic E-state index is 0. The van der Waals surface area contributed by atoms with Crippen LogP contribution in [0.3, 0.4) is 0 Å². The predicted molar refractivity (Wildman–Crippen MR) is 96.3 cm³/mol. The third-order valence-corrected chi connectivity index (χ3v) is 3.67. The maximum Gasteiger partial charge on any atom is 0.275 e. The van der Waals surface area contributed by atoms with Crippen molar-refractivity contribution in [3.8, 4) is 0 Å². The van der Waals surface area contributed by atoms with Gasteiger partial charge in [0.25, 0.3) is 11.5 Å². The number of carbonyl (C=O) groups excluding carboxylic acids is 1. The van der Waals surface area contributed by atoms with E-state index in [9.17, 15) is 9.59 Å². The van der Waals surface area contributed by atoms with Gasteiger partial charge in [0.05, 0.1) is 12.8 Å². The number of hydrogen-bond acceptors (Lipinski definition) is 6. The Bertz CT molecular complexity index is 846. The summed E-state index contributed by atoms with van der Waals surface area (Å²) in [7, 11) is 0. The van der Waals surface area contributed by atoms with E-state index in [0.717, 1.165) is 11.8 Å². The third-order valence-electron chi connectivity index (χ3n) is 3.67. The monoisotopic (exact) mass is 363 g/mol. The molecule has 1 aliphatic rings. The molecule has 0 radical (unpaired) electrons. The molecule has 0 saturated carbocycles. The van der Waals surface area contributed by atoms with Crippen LogP contribution in [0.2, 0.25) is 0 Å². The molecule has 3 rings (SSSR count). The van der Waals surface area contributed by atoms with E-state index in [2.05, 4.69) is 20.3 Å². The van der Waals surface area contributed by atoms with Crippen LogP contribution in [0, 0.1) is 0 Å². The molecule has 1 aromatic carbocycles. The first-order valence-corrected chi connectivity index (χ1v) is 7.35. The number of amides is 1. The van der Waals surface area contributed by atoms with Gasteiger partial charge in [-0.2, -0.15) is 0 Å². The quantitative estimate of drug-likeness (QED) is 0.752. The van der Waals surface area contributed by atoms with E-state index in [0.29, 0.717) is 24.7 Å². The van der Waals surface area contributed by atoms with Gasteiger partial charge in [0.1, 0.15) is 23.7 Å². The largest absolute Gasteiger partial charge is 0.386 e. The van der Waals surface area contributed by atoms with Crippen LogP contribution in [-0.4, -0.2) is 34.9 Å². The molecule has 9 heteroatoms. The van der Waals surface area contributed by atoms with E-state index < -0.39 is 11.4 Å². The van der Waals surface area contributed by atoms with Gasteiger partial charge < -0.3 is 20.8 Å². The number of ether oxygens (including phenoxy) is 1. The number of aromatic amines is 1. The van der Waals surface area contributed by atoms with Crippen molar-refractivity contribution in [2.24, 2.45) is 10.7 Å². The number of nitrogens with two attached hydrogens (primary N) is 1. The van der Waals surface area contributed by atoms with Gasteiger partial charge >= 0.3 is 0 Å². The van der Waals surface area contributed by atoms with Gasteiger partial charge in [-0.15, -0.1) is 12.4 Å². The van der Waals surface area contributed by atoms with Gasteiger partial charge in [0, 0.05) is 11.9 Å². The van der Waals surface area contributed by atoms with E-state index in [1.54, 1.807) is 6.07 Å². The summed E-state index contributed by atoms with van der Waals surface area (Å²) < 4.78 is 5.47. The Morgan fingerprint density at radius 3 is 2.92 bits per heavy atom. The zero-order chi connectivity index (χ0) is 17.2. The van der Waals surface area contributed by atoms with Gasteiger partial charge in [-0.3, -0.25) is 14.6 Å². The summed E-state index contributed by atoms with van der Waals surface area (Å²) in [5, 5.41) is 2.74. The maximum absolute atomic E-state index is 12.2. The lowest BCUT2D eigenvalue weighted by Crippen LogP contribution is -2.37. The summed E-state index contributed by atoms with van der Waals surface area (Å²) in [5.74, 6) is 0.0205. The van der Waals surface area contributed by atoms with Gasteiger partial charge in [-0.05, 0) is 24.6 Å². The molecule has 2 heterocycles. The standard InChI is InChI=1S/C16H17N5O3.ClH/c1-16(9-24-8-13(17)21-16)10-3-2-4-11(5-10)20-15(23)12-6-19-14(22)7-18-12;/h2-7H,8-9H2,1H3,(H2,17,21)(H,19,22)(H,20,23);1H. The second-order valence-electron chi connectivity index (χ2n) is 5.70. The van der Waals surface area contributed by atoms with Crippen LogP contribution in [0.4, 0.5) is 5.69 Å². The smallest absolute Gasteiger partial charge is 0.275 e. The highest BCUT2D eigenvalue weighted by atomic mass is 35.5. The average Bonchev–Trinajstić information content (AvgIpc) is 2.55. The molecule has 0 saturated heterocycles. The Morgan fingerprint density at radius 2 is 2.24 bits per heavy atom. The molecule has 1 unspecified atom stereocenters. The highest BCUT2D eigenvalue weighted by Gasteiger charge is 2.30. The van der Waals surface area contributed by atoms with Crippen molar-refractivity contribution in [1.29, 1.82) is 0 Å². The summed E-state index contributed by atoms with van der Waals surface area (Å²) in [6.07, 6.45) is 2.33. The molecule has 0 fully saturated rings. The lowest BCUT2D eigenvalue weighted by atomic mass is 9.92. The van der Waals surface area contributed by atoms with Crippen LogP contribution in [0.15, 0.2) is 46.4 Å². The molecule has 132 valence electrons. The number of benzene rings is 1. The predicted octanol–water partition coefficient (Wildman–Crippen LogP) is 1.05. The molecule has 1 atom stereocenters. The fourth-order valence-electron chi connectivity index (χ4n) is 2.48. The number of nitrogens with one attached hydrogen (secondary N) is 2. The molecule has 1 aromatic heterocycles. The summed E-state index contributed by atoms with van der Waals surface area (Å²) in [6.45, 7) is 2.65. The molecule has 0 spiro atoms. The van der Waals surface area contributed by atoms with Crippen LogP contribution in [0.25, 0.3) is 0 Å². The van der Waals surface area contributed by atoms with E-state index in [4.69, 9.17) is 10.5 Å². The van der Waals surface area contributed by atoms with Crippen LogP contribution in [-0.2, 0) is 10.3 Å². The van der Waals surface area contributed by atoms with Gasteiger partial charge in [0.15, 0.2) is 0 Å². The van der Waals surface area contributed by atoms with E-state index in [-0.39, 0.29) is 23.7 Å². The first-order valence-electron chi connectivity index (χ1n) is 7.35. The Kier molecular flexibility index (Phi) is 5.55. The fraction of sp³-hybridized carbons (Fsp3) is 0.250. The Labute approximate surface area is 149 Å². The summed E-state index contributed by atoms with van der Waals surface area (Å²) in [4.78, 5) is 33.9. The van der Waals surface area contributed by atoms with Gasteiger partial charge in [-0.25, -0.2) is 4.98 Å². The van der Waals surface area contributed by atoms with E-state index in [1.165, 1.54) is 6.20 Å². The number of anilines is 1. The SMILES string of the molecule is CC1(c2cccc(NC(=O)c3c[nH]c(=O)cn3)c2)COCC(N)=N1.Cl. The minimum atomic E-state index is -0.598. The maximum atomic E-state index is 12.2. The van der Waals surface area contributed by atoms with Crippen molar-refractivity contribution in [3.05, 3.63) is 58.3 Å². The van der Waals surface area contributed by atoms with E-state index >= 15 is 0 Å². The number of rotatable bonds is 3. The molecule has 0 aliphatic carbocycles. The molecule has 1 aliphatic heterocycles. The molecule has 8 nitrogen and oxygen atoms in total. The summed E-state index contributed by atoms with van der Waals surface area (Å²) in [5.41, 5.74) is 6.39. The normalized spacial score (nSPS) is 19.5. The fourth-order valence-corrected chi connectivity index (χ4v) is 2.48. The average molecular weight is 364 g/mol. The Balaban J connectivity index is 0.00000225. The highest BCUT2D eigenvalue weighted by Crippen LogP contribution is 2.29. The van der Waals surface area contributed by atoms with Crippen molar-refractivity contribution in [2.45, 2.75) is 12.5 Å². The number of carbonyl (C=O) groups is 1. The van der Waals surface area contributed by atoms with E-state index in [1.807, 2.05) is 25.1 Å². The van der Waals surface area contributed by atoms with Crippen molar-refractivity contribution in [3.63, 3.8) is 0 Å². The Hall–Kier alpha value is -2.71. The molecule has 0 bridgehead atoms. The minimum Gasteiger partial charge on any atom is -0.386 e. The number of aromatic nitrogens is 2. The topological polar surface area (TPSA) is 122 Å². The zero-order valence-electron chi connectivity index (χ0n) is 13.5. The summed E-state index contributed by atoms with van der Waals surface area (Å²) >= 11 is 0. The Morgan fingerprint density at radius 1 is 1.44 bits per heavy atom. The first-order chi connectivity index (χ1) is 11.5. The van der Waals surface area contributed by atoms with Gasteiger partial charge in [-0.1, -0.05) is 12.1 Å². The van der Waals surface area contributed by atoms with Crippen molar-refractivity contribution in [2.75, 3.05) is 18.5 Å². The van der Waals surface area contributed by atoms with Crippen molar-refractivity contribution >= 4 is 29.8 Å². The second kappa shape index (κ2) is 7.45. The third kappa shape index (κ3) is 4.23.